The van der Waals surface area contributed by atoms with E-state index in [2.05, 4.69) is 46.4 Å². The molecule has 20 heavy (non-hydrogen) atoms. The number of fused-ring (bicyclic) bond motifs is 2. The van der Waals surface area contributed by atoms with Crippen molar-refractivity contribution in [3.8, 4) is 5.75 Å². The third-order valence-electron chi connectivity index (χ3n) is 3.34. The second-order valence-electron chi connectivity index (χ2n) is 4.61. The molecule has 0 bridgehead atoms. The molecule has 2 aromatic carbocycles. The quantitative estimate of drug-likeness (QED) is 0.815. The molecule has 0 fully saturated rings. The highest BCUT2D eigenvalue weighted by molar-refractivity contribution is 7.95. The number of nitrogens with one attached hydrogen (secondary N) is 1. The van der Waals surface area contributed by atoms with Crippen molar-refractivity contribution >= 4 is 23.4 Å². The van der Waals surface area contributed by atoms with Gasteiger partial charge in [-0.15, -0.1) is 9.93 Å². The van der Waals surface area contributed by atoms with E-state index in [4.69, 9.17) is 4.74 Å². The zero-order valence-electron chi connectivity index (χ0n) is 10.7. The van der Waals surface area contributed by atoms with E-state index in [1.54, 1.807) is 0 Å². The topological polar surface area (TPSA) is 33.6 Å². The molecule has 0 aliphatic carbocycles. The van der Waals surface area contributed by atoms with Crippen LogP contribution in [0.3, 0.4) is 0 Å². The molecule has 2 unspecified atom stereocenters. The van der Waals surface area contributed by atoms with Gasteiger partial charge in [0.1, 0.15) is 5.75 Å². The number of ether oxygens (including phenoxy) is 1. The molecule has 0 amide bonds. The van der Waals surface area contributed by atoms with Crippen LogP contribution in [0.2, 0.25) is 0 Å². The van der Waals surface area contributed by atoms with Crippen molar-refractivity contribution in [2.45, 2.75) is 10.3 Å². The SMILES string of the molecule is C1=CC([S+]2NN=Cc3ccccc32)Oc2ccccc21. The van der Waals surface area contributed by atoms with Crippen LogP contribution in [0.25, 0.3) is 6.08 Å². The first-order valence-corrected chi connectivity index (χ1v) is 7.75. The average molecular weight is 281 g/mol. The zero-order valence-corrected chi connectivity index (χ0v) is 11.5. The van der Waals surface area contributed by atoms with Crippen molar-refractivity contribution < 1.29 is 4.74 Å². The Morgan fingerprint density at radius 1 is 1.00 bits per heavy atom. The van der Waals surface area contributed by atoms with Gasteiger partial charge in [-0.25, -0.2) is 0 Å². The van der Waals surface area contributed by atoms with Crippen LogP contribution in [-0.4, -0.2) is 11.7 Å². The number of hydrogen-bond donors (Lipinski definition) is 1. The summed E-state index contributed by atoms with van der Waals surface area (Å²) in [6, 6.07) is 16.4. The zero-order chi connectivity index (χ0) is 13.4. The Kier molecular flexibility index (Phi) is 2.74. The third kappa shape index (κ3) is 1.89. The van der Waals surface area contributed by atoms with Crippen LogP contribution in [-0.2, 0) is 11.1 Å². The number of rotatable bonds is 1. The minimum Gasteiger partial charge on any atom is -0.440 e. The van der Waals surface area contributed by atoms with Crippen molar-refractivity contribution in [1.29, 1.82) is 0 Å². The van der Waals surface area contributed by atoms with Gasteiger partial charge in [0.05, 0.1) is 11.8 Å². The molecule has 2 aromatic rings. The van der Waals surface area contributed by atoms with E-state index in [0.29, 0.717) is 0 Å². The Balaban J connectivity index is 1.69. The molecule has 2 heterocycles. The molecule has 98 valence electrons. The van der Waals surface area contributed by atoms with Crippen molar-refractivity contribution in [2.75, 3.05) is 0 Å². The van der Waals surface area contributed by atoms with Crippen LogP contribution in [0.1, 0.15) is 11.1 Å². The van der Waals surface area contributed by atoms with E-state index in [0.717, 1.165) is 16.9 Å². The molecule has 1 N–H and O–H groups in total. The summed E-state index contributed by atoms with van der Waals surface area (Å²) in [6.07, 6.45) is 6.09. The molecule has 2 atom stereocenters. The molecular weight excluding hydrogens is 268 g/mol. The van der Waals surface area contributed by atoms with Gasteiger partial charge < -0.3 is 4.74 Å². The molecule has 0 spiro atoms. The van der Waals surface area contributed by atoms with E-state index in [1.807, 2.05) is 30.5 Å². The predicted molar refractivity (Wildman–Crippen MR) is 82.7 cm³/mol. The Hall–Kier alpha value is -2.20. The fourth-order valence-electron chi connectivity index (χ4n) is 2.37. The van der Waals surface area contributed by atoms with Gasteiger partial charge in [-0.3, -0.25) is 0 Å². The minimum absolute atomic E-state index is 0.0245. The molecular formula is C16H13N2OS+. The molecule has 4 rings (SSSR count). The Labute approximate surface area is 120 Å². The van der Waals surface area contributed by atoms with Crippen molar-refractivity contribution in [3.05, 3.63) is 65.7 Å². The molecule has 2 aliphatic heterocycles. The van der Waals surface area contributed by atoms with Gasteiger partial charge in [0.2, 0.25) is 11.1 Å². The standard InChI is InChI=1S/C16H13N2OS/c1-3-7-14-12(5-1)9-10-16(19-14)20-15-8-4-2-6-13(15)11-17-18-20/h1-11,16,18H/q+1. The summed E-state index contributed by atoms with van der Waals surface area (Å²) in [5, 5.41) is 4.25. The summed E-state index contributed by atoms with van der Waals surface area (Å²) in [5.41, 5.74) is 2.26. The smallest absolute Gasteiger partial charge is 0.307 e. The minimum atomic E-state index is -0.270. The first-order valence-electron chi connectivity index (χ1n) is 6.46. The monoisotopic (exact) mass is 281 g/mol. The lowest BCUT2D eigenvalue weighted by Gasteiger charge is -2.22. The average Bonchev–Trinajstić information content (AvgIpc) is 2.54. The van der Waals surface area contributed by atoms with Gasteiger partial charge in [-0.2, -0.15) is 0 Å². The largest absolute Gasteiger partial charge is 0.440 e. The highest BCUT2D eigenvalue weighted by atomic mass is 32.2. The number of hydrogen-bond acceptors (Lipinski definition) is 3. The van der Waals surface area contributed by atoms with Crippen molar-refractivity contribution in [3.63, 3.8) is 0 Å². The summed E-state index contributed by atoms with van der Waals surface area (Å²) in [6.45, 7) is 0. The molecule has 3 nitrogen and oxygen atoms in total. The van der Waals surface area contributed by atoms with E-state index in [-0.39, 0.29) is 16.5 Å². The van der Waals surface area contributed by atoms with Crippen LogP contribution in [0, 0.1) is 0 Å². The summed E-state index contributed by atoms with van der Waals surface area (Å²) < 4.78 is 6.12. The lowest BCUT2D eigenvalue weighted by molar-refractivity contribution is 0.323. The van der Waals surface area contributed by atoms with Gasteiger partial charge in [0, 0.05) is 11.6 Å². The van der Waals surface area contributed by atoms with Crippen LogP contribution in [0.15, 0.2) is 64.6 Å². The molecule has 2 aliphatic rings. The number of benzene rings is 2. The van der Waals surface area contributed by atoms with Crippen LogP contribution >= 0.6 is 0 Å². The van der Waals surface area contributed by atoms with Gasteiger partial charge in [0.25, 0.3) is 0 Å². The summed E-state index contributed by atoms with van der Waals surface area (Å²) in [7, 11) is 0. The van der Waals surface area contributed by atoms with Gasteiger partial charge in [-0.05, 0) is 24.3 Å². The summed E-state index contributed by atoms with van der Waals surface area (Å²) in [4.78, 5) is 4.44. The summed E-state index contributed by atoms with van der Waals surface area (Å²) >= 11 is -0.270. The molecule has 0 saturated carbocycles. The maximum Gasteiger partial charge on any atom is 0.307 e. The van der Waals surface area contributed by atoms with Crippen molar-refractivity contribution in [2.24, 2.45) is 5.10 Å². The highest BCUT2D eigenvalue weighted by Gasteiger charge is 2.39. The van der Waals surface area contributed by atoms with Crippen LogP contribution in [0.5, 0.6) is 5.75 Å². The van der Waals surface area contributed by atoms with Crippen LogP contribution in [0.4, 0.5) is 0 Å². The van der Waals surface area contributed by atoms with E-state index < -0.39 is 0 Å². The number of hydrazone groups is 1. The van der Waals surface area contributed by atoms with E-state index in [9.17, 15) is 0 Å². The Morgan fingerprint density at radius 2 is 1.80 bits per heavy atom. The van der Waals surface area contributed by atoms with E-state index in [1.165, 1.54) is 4.90 Å². The fraction of sp³-hybridized carbons (Fsp3) is 0.0625. The molecule has 4 heteroatoms. The molecule has 0 radical (unpaired) electrons. The maximum atomic E-state index is 6.12. The van der Waals surface area contributed by atoms with E-state index >= 15 is 0 Å². The van der Waals surface area contributed by atoms with Crippen molar-refractivity contribution in [1.82, 2.24) is 4.83 Å². The predicted octanol–water partition coefficient (Wildman–Crippen LogP) is 2.95. The first-order chi connectivity index (χ1) is 9.92. The van der Waals surface area contributed by atoms with Gasteiger partial charge in [0.15, 0.2) is 4.90 Å². The lowest BCUT2D eigenvalue weighted by Crippen LogP contribution is -2.38. The first kappa shape index (κ1) is 11.6. The normalized spacial score (nSPS) is 22.4. The molecule has 0 saturated heterocycles. The second-order valence-corrected chi connectivity index (χ2v) is 6.37. The van der Waals surface area contributed by atoms with Crippen LogP contribution < -0.4 is 9.57 Å². The Morgan fingerprint density at radius 3 is 2.75 bits per heavy atom. The summed E-state index contributed by atoms with van der Waals surface area (Å²) in [5.74, 6) is 0.932. The van der Waals surface area contributed by atoms with Gasteiger partial charge >= 0.3 is 5.44 Å². The maximum absolute atomic E-state index is 6.12. The second kappa shape index (κ2) is 4.72. The number of nitrogens with zero attached hydrogens (tertiary/aromatic N) is 1. The highest BCUT2D eigenvalue weighted by Crippen LogP contribution is 2.31. The fourth-order valence-corrected chi connectivity index (χ4v) is 4.02. The third-order valence-corrected chi connectivity index (χ3v) is 5.20. The van der Waals surface area contributed by atoms with Gasteiger partial charge in [-0.1, -0.05) is 30.3 Å². The number of para-hydroxylation sites is 1. The lowest BCUT2D eigenvalue weighted by atomic mass is 10.1. The Bertz CT molecular complexity index is 711. The molecule has 0 aromatic heterocycles.